The van der Waals surface area contributed by atoms with Gasteiger partial charge in [0.1, 0.15) is 5.82 Å². The van der Waals surface area contributed by atoms with Gasteiger partial charge in [-0.2, -0.15) is 0 Å². The number of carboxylic acid groups (broad SMARTS) is 1. The summed E-state index contributed by atoms with van der Waals surface area (Å²) in [6.07, 6.45) is 0. The number of fused-ring (bicyclic) bond motifs is 1. The molecule has 0 saturated carbocycles. The highest BCUT2D eigenvalue weighted by Crippen LogP contribution is 2.22. The summed E-state index contributed by atoms with van der Waals surface area (Å²) in [5.74, 6) is -0.0282. The Kier molecular flexibility index (Phi) is 3.45. The predicted molar refractivity (Wildman–Crippen MR) is 86.4 cm³/mol. The predicted octanol–water partition coefficient (Wildman–Crippen LogP) is 3.71. The molecule has 112 valence electrons. The molecule has 22 heavy (non-hydrogen) atoms. The van der Waals surface area contributed by atoms with Crippen LogP contribution in [-0.4, -0.2) is 20.6 Å². The average Bonchev–Trinajstić information content (AvgIpc) is 2.78. The largest absolute Gasteiger partial charge is 0.478 e. The van der Waals surface area contributed by atoms with Crippen LogP contribution >= 0.6 is 0 Å². The molecule has 4 heteroatoms. The van der Waals surface area contributed by atoms with E-state index in [1.807, 2.05) is 6.92 Å². The maximum atomic E-state index is 11.2. The minimum absolute atomic E-state index is 0.287. The van der Waals surface area contributed by atoms with Gasteiger partial charge in [-0.25, -0.2) is 9.78 Å². The van der Waals surface area contributed by atoms with E-state index >= 15 is 0 Å². The van der Waals surface area contributed by atoms with Crippen LogP contribution in [0.3, 0.4) is 0 Å². The highest BCUT2D eigenvalue weighted by molar-refractivity contribution is 5.92. The summed E-state index contributed by atoms with van der Waals surface area (Å²) < 4.78 is 2.08. The maximum Gasteiger partial charge on any atom is 0.335 e. The average molecular weight is 294 g/mol. The van der Waals surface area contributed by atoms with Gasteiger partial charge < -0.3 is 9.67 Å². The molecular weight excluding hydrogens is 276 g/mol. The zero-order chi connectivity index (χ0) is 15.9. The summed E-state index contributed by atoms with van der Waals surface area (Å²) in [5.41, 5.74) is 5.70. The molecule has 2 aromatic carbocycles. The highest BCUT2D eigenvalue weighted by atomic mass is 16.4. The smallest absolute Gasteiger partial charge is 0.335 e. The van der Waals surface area contributed by atoms with Crippen molar-refractivity contribution in [3.05, 3.63) is 64.5 Å². The van der Waals surface area contributed by atoms with E-state index in [1.165, 1.54) is 16.7 Å². The second-order valence-corrected chi connectivity index (χ2v) is 5.62. The Balaban J connectivity index is 2.16. The molecule has 3 rings (SSSR count). The molecule has 0 atom stereocenters. The first-order valence-corrected chi connectivity index (χ1v) is 7.22. The lowest BCUT2D eigenvalue weighted by molar-refractivity contribution is 0.0697. The quantitative estimate of drug-likeness (QED) is 0.801. The second kappa shape index (κ2) is 5.30. The number of imidazole rings is 1. The zero-order valence-electron chi connectivity index (χ0n) is 12.9. The third-order valence-electron chi connectivity index (χ3n) is 4.15. The Morgan fingerprint density at radius 3 is 2.45 bits per heavy atom. The van der Waals surface area contributed by atoms with Crippen molar-refractivity contribution >= 4 is 17.0 Å². The first kappa shape index (κ1) is 14.3. The van der Waals surface area contributed by atoms with Gasteiger partial charge in [0, 0.05) is 6.54 Å². The number of carboxylic acids is 1. The lowest BCUT2D eigenvalue weighted by atomic mass is 10.0. The van der Waals surface area contributed by atoms with Crippen molar-refractivity contribution in [2.75, 3.05) is 0 Å². The lowest BCUT2D eigenvalue weighted by Crippen LogP contribution is -2.06. The molecule has 4 nitrogen and oxygen atoms in total. The fraction of sp³-hybridized carbons (Fsp3) is 0.222. The molecule has 0 saturated heterocycles. The van der Waals surface area contributed by atoms with Gasteiger partial charge in [0.15, 0.2) is 0 Å². The van der Waals surface area contributed by atoms with Gasteiger partial charge in [0.05, 0.1) is 16.6 Å². The topological polar surface area (TPSA) is 55.1 Å². The Labute approximate surface area is 129 Å². The summed E-state index contributed by atoms with van der Waals surface area (Å²) in [6.45, 7) is 6.84. The van der Waals surface area contributed by atoms with Crippen LogP contribution in [0.25, 0.3) is 11.0 Å². The minimum Gasteiger partial charge on any atom is -0.478 e. The Bertz CT molecular complexity index is 858. The van der Waals surface area contributed by atoms with Crippen LogP contribution in [-0.2, 0) is 6.54 Å². The van der Waals surface area contributed by atoms with Crippen molar-refractivity contribution in [3.8, 4) is 0 Å². The van der Waals surface area contributed by atoms with Crippen LogP contribution < -0.4 is 0 Å². The number of aromatic nitrogens is 2. The Morgan fingerprint density at radius 1 is 1.14 bits per heavy atom. The van der Waals surface area contributed by atoms with Crippen molar-refractivity contribution in [2.45, 2.75) is 27.3 Å². The summed E-state index contributed by atoms with van der Waals surface area (Å²) >= 11 is 0. The van der Waals surface area contributed by atoms with Crippen molar-refractivity contribution in [3.63, 3.8) is 0 Å². The van der Waals surface area contributed by atoms with E-state index < -0.39 is 5.97 Å². The fourth-order valence-electron chi connectivity index (χ4n) is 2.83. The monoisotopic (exact) mass is 294 g/mol. The second-order valence-electron chi connectivity index (χ2n) is 5.62. The molecule has 0 spiro atoms. The molecule has 0 aliphatic carbocycles. The van der Waals surface area contributed by atoms with E-state index in [-0.39, 0.29) is 5.56 Å². The molecule has 1 N–H and O–H groups in total. The fourth-order valence-corrected chi connectivity index (χ4v) is 2.83. The molecule has 1 aromatic heterocycles. The first-order chi connectivity index (χ1) is 10.5. The number of aromatic carboxylic acids is 1. The number of aryl methyl sites for hydroxylation is 3. The van der Waals surface area contributed by atoms with Gasteiger partial charge in [-0.15, -0.1) is 0 Å². The normalized spacial score (nSPS) is 11.0. The van der Waals surface area contributed by atoms with Crippen LogP contribution in [0.15, 0.2) is 36.4 Å². The van der Waals surface area contributed by atoms with Gasteiger partial charge in [-0.05, 0) is 55.7 Å². The number of hydrogen-bond donors (Lipinski definition) is 1. The summed E-state index contributed by atoms with van der Waals surface area (Å²) in [4.78, 5) is 15.7. The zero-order valence-corrected chi connectivity index (χ0v) is 12.9. The van der Waals surface area contributed by atoms with Crippen LogP contribution in [0.5, 0.6) is 0 Å². The third kappa shape index (κ3) is 2.37. The van der Waals surface area contributed by atoms with Crippen molar-refractivity contribution in [2.24, 2.45) is 0 Å². The number of carbonyl (C=O) groups is 1. The molecule has 0 radical (unpaired) electrons. The van der Waals surface area contributed by atoms with E-state index in [4.69, 9.17) is 0 Å². The summed E-state index contributed by atoms with van der Waals surface area (Å²) in [7, 11) is 0. The summed E-state index contributed by atoms with van der Waals surface area (Å²) in [6, 6.07) is 11.3. The van der Waals surface area contributed by atoms with Crippen molar-refractivity contribution in [1.29, 1.82) is 0 Å². The molecule has 0 aliphatic rings. The molecular formula is C18H18N2O2. The molecule has 1 heterocycles. The Morgan fingerprint density at radius 2 is 1.82 bits per heavy atom. The first-order valence-electron chi connectivity index (χ1n) is 7.22. The van der Waals surface area contributed by atoms with Crippen molar-refractivity contribution < 1.29 is 9.90 Å². The highest BCUT2D eigenvalue weighted by Gasteiger charge is 2.13. The molecule has 0 fully saturated rings. The number of rotatable bonds is 3. The van der Waals surface area contributed by atoms with Gasteiger partial charge in [-0.1, -0.05) is 18.2 Å². The van der Waals surface area contributed by atoms with Crippen LogP contribution in [0.2, 0.25) is 0 Å². The lowest BCUT2D eigenvalue weighted by Gasteiger charge is -2.13. The van der Waals surface area contributed by atoms with Crippen LogP contribution in [0, 0.1) is 20.8 Å². The van der Waals surface area contributed by atoms with E-state index in [0.29, 0.717) is 6.54 Å². The van der Waals surface area contributed by atoms with E-state index in [2.05, 4.69) is 41.6 Å². The molecule has 3 aromatic rings. The van der Waals surface area contributed by atoms with E-state index in [0.717, 1.165) is 16.9 Å². The van der Waals surface area contributed by atoms with Crippen molar-refractivity contribution in [1.82, 2.24) is 9.55 Å². The van der Waals surface area contributed by atoms with Gasteiger partial charge in [-0.3, -0.25) is 0 Å². The number of nitrogens with zero attached hydrogens (tertiary/aromatic N) is 2. The number of hydrogen-bond acceptors (Lipinski definition) is 2. The molecule has 0 amide bonds. The standard InChI is InChI=1S/C18H18N2O2/c1-11-5-4-6-12(2)15(11)10-20-13(3)19-16-8-7-14(18(21)22)9-17(16)20/h4-9H,10H2,1-3H3,(H,21,22). The molecule has 0 aliphatic heterocycles. The minimum atomic E-state index is -0.917. The van der Waals surface area contributed by atoms with Crippen LogP contribution in [0.4, 0.5) is 0 Å². The van der Waals surface area contributed by atoms with Gasteiger partial charge in [0.25, 0.3) is 0 Å². The van der Waals surface area contributed by atoms with E-state index in [9.17, 15) is 9.90 Å². The van der Waals surface area contributed by atoms with Gasteiger partial charge >= 0.3 is 5.97 Å². The molecule has 0 bridgehead atoms. The maximum absolute atomic E-state index is 11.2. The van der Waals surface area contributed by atoms with E-state index in [1.54, 1.807) is 18.2 Å². The van der Waals surface area contributed by atoms with Crippen LogP contribution in [0.1, 0.15) is 32.9 Å². The summed E-state index contributed by atoms with van der Waals surface area (Å²) in [5, 5.41) is 9.19. The SMILES string of the molecule is Cc1cccc(C)c1Cn1c(C)nc2ccc(C(=O)O)cc21. The number of benzene rings is 2. The van der Waals surface area contributed by atoms with Gasteiger partial charge in [0.2, 0.25) is 0 Å². The molecule has 0 unspecified atom stereocenters. The Hall–Kier alpha value is -2.62. The third-order valence-corrected chi connectivity index (χ3v) is 4.15.